The van der Waals surface area contributed by atoms with Crippen molar-refractivity contribution >= 4 is 23.4 Å². The summed E-state index contributed by atoms with van der Waals surface area (Å²) in [5, 5.41) is 5.57. The fourth-order valence-electron chi connectivity index (χ4n) is 6.19. The summed E-state index contributed by atoms with van der Waals surface area (Å²) in [4.78, 5) is 41.9. The molecule has 0 radical (unpaired) electrons. The van der Waals surface area contributed by atoms with Gasteiger partial charge in [-0.25, -0.2) is 8.78 Å². The molecule has 1 saturated carbocycles. The quantitative estimate of drug-likeness (QED) is 0.644. The Morgan fingerprint density at radius 2 is 1.76 bits per heavy atom. The van der Waals surface area contributed by atoms with Crippen LogP contribution in [-0.4, -0.2) is 78.9 Å². The smallest absolute Gasteiger partial charge is 0.255 e. The van der Waals surface area contributed by atoms with Gasteiger partial charge in [-0.2, -0.15) is 0 Å². The van der Waals surface area contributed by atoms with Crippen molar-refractivity contribution in [2.75, 3.05) is 44.2 Å². The van der Waals surface area contributed by atoms with E-state index < -0.39 is 29.5 Å². The van der Waals surface area contributed by atoms with Crippen LogP contribution in [0.4, 0.5) is 14.5 Å². The number of imide groups is 1. The predicted octanol–water partition coefficient (Wildman–Crippen LogP) is 0.600. The Morgan fingerprint density at radius 3 is 2.39 bits per heavy atom. The van der Waals surface area contributed by atoms with E-state index in [4.69, 9.17) is 0 Å². The molecule has 6 rings (SSSR count). The minimum absolute atomic E-state index is 0.0361. The van der Waals surface area contributed by atoms with Crippen molar-refractivity contribution in [2.24, 2.45) is 5.41 Å². The van der Waals surface area contributed by atoms with Crippen LogP contribution in [0.25, 0.3) is 0 Å². The molecule has 1 unspecified atom stereocenters. The molecular formula is C23H27F2N5O3. The minimum atomic E-state index is -0.853. The van der Waals surface area contributed by atoms with Crippen LogP contribution < -0.4 is 15.5 Å². The Balaban J connectivity index is 1.17. The number of benzene rings is 1. The molecule has 33 heavy (non-hydrogen) atoms. The number of anilines is 1. The van der Waals surface area contributed by atoms with E-state index in [0.717, 1.165) is 32.2 Å². The normalized spacial score (nSPS) is 27.5. The molecule has 3 saturated heterocycles. The second-order valence-electron chi connectivity index (χ2n) is 10.1. The Kier molecular flexibility index (Phi) is 4.74. The molecule has 1 spiro atoms. The molecule has 1 atom stereocenters. The zero-order valence-corrected chi connectivity index (χ0v) is 18.3. The molecule has 1 aromatic carbocycles. The van der Waals surface area contributed by atoms with Crippen LogP contribution in [0.5, 0.6) is 0 Å². The predicted molar refractivity (Wildman–Crippen MR) is 115 cm³/mol. The second kappa shape index (κ2) is 7.46. The van der Waals surface area contributed by atoms with Gasteiger partial charge in [0.25, 0.3) is 5.91 Å². The summed E-state index contributed by atoms with van der Waals surface area (Å²) in [5.74, 6) is -3.00. The number of rotatable bonds is 3. The lowest BCUT2D eigenvalue weighted by Crippen LogP contribution is -2.66. The van der Waals surface area contributed by atoms with Crippen molar-refractivity contribution in [3.05, 3.63) is 28.8 Å². The zero-order chi connectivity index (χ0) is 22.9. The Morgan fingerprint density at radius 1 is 1.03 bits per heavy atom. The molecule has 3 amide bonds. The Hall–Kier alpha value is -2.59. The molecule has 1 aliphatic carbocycles. The fraction of sp³-hybridized carbons (Fsp3) is 0.609. The first-order valence-electron chi connectivity index (χ1n) is 11.7. The van der Waals surface area contributed by atoms with Crippen LogP contribution in [0.3, 0.4) is 0 Å². The van der Waals surface area contributed by atoms with Crippen LogP contribution in [0.15, 0.2) is 6.07 Å². The molecular weight excluding hydrogens is 432 g/mol. The van der Waals surface area contributed by atoms with Gasteiger partial charge in [0.15, 0.2) is 5.82 Å². The van der Waals surface area contributed by atoms with Crippen LogP contribution in [0.1, 0.15) is 41.6 Å². The molecule has 1 aromatic rings. The van der Waals surface area contributed by atoms with Gasteiger partial charge in [0.2, 0.25) is 11.8 Å². The molecule has 8 nitrogen and oxygen atoms in total. The van der Waals surface area contributed by atoms with E-state index in [1.807, 2.05) is 0 Å². The molecule has 2 N–H and O–H groups in total. The van der Waals surface area contributed by atoms with Crippen LogP contribution in [-0.2, 0) is 16.1 Å². The van der Waals surface area contributed by atoms with Gasteiger partial charge in [-0.05, 0) is 30.7 Å². The van der Waals surface area contributed by atoms with E-state index in [9.17, 15) is 14.4 Å². The zero-order valence-electron chi connectivity index (χ0n) is 18.3. The topological polar surface area (TPSA) is 85.0 Å². The standard InChI is InChI=1S/C23H27F2N5O3/c24-16-7-14-15(10-30(22(14)33)17-1-2-18(31)27-21(17)32)19(25)20(16)29-5-3-28(4-6-29)13-8-23(9-13)11-26-12-23/h7,13,17,26H,1-6,8-12H2,(H,27,31,32). The van der Waals surface area contributed by atoms with Gasteiger partial charge < -0.3 is 15.1 Å². The van der Waals surface area contributed by atoms with Gasteiger partial charge in [-0.1, -0.05) is 0 Å². The van der Waals surface area contributed by atoms with E-state index in [-0.39, 0.29) is 42.1 Å². The largest absolute Gasteiger partial charge is 0.364 e. The van der Waals surface area contributed by atoms with Gasteiger partial charge in [0.1, 0.15) is 17.5 Å². The lowest BCUT2D eigenvalue weighted by molar-refractivity contribution is -0.136. The summed E-state index contributed by atoms with van der Waals surface area (Å²) in [7, 11) is 0. The maximum Gasteiger partial charge on any atom is 0.255 e. The Labute approximate surface area is 190 Å². The summed E-state index contributed by atoms with van der Waals surface area (Å²) in [6, 6.07) is 0.811. The number of nitrogens with one attached hydrogen (secondary N) is 2. The molecule has 4 aliphatic heterocycles. The maximum atomic E-state index is 15.5. The second-order valence-corrected chi connectivity index (χ2v) is 10.1. The highest BCUT2D eigenvalue weighted by atomic mass is 19.1. The van der Waals surface area contributed by atoms with Crippen LogP contribution in [0, 0.1) is 17.0 Å². The number of hydrogen-bond acceptors (Lipinski definition) is 6. The number of nitrogens with zero attached hydrogens (tertiary/aromatic N) is 3. The van der Waals surface area contributed by atoms with Gasteiger partial charge in [0, 0.05) is 57.3 Å². The number of hydrogen-bond donors (Lipinski definition) is 2. The molecule has 10 heteroatoms. The van der Waals surface area contributed by atoms with E-state index in [0.29, 0.717) is 24.5 Å². The van der Waals surface area contributed by atoms with Crippen LogP contribution in [0.2, 0.25) is 0 Å². The number of piperazine rings is 1. The highest BCUT2D eigenvalue weighted by molar-refractivity contribution is 6.05. The first-order valence-corrected chi connectivity index (χ1v) is 11.7. The van der Waals surface area contributed by atoms with E-state index >= 15 is 8.78 Å². The molecule has 0 aromatic heterocycles. The van der Waals surface area contributed by atoms with Crippen LogP contribution >= 0.6 is 0 Å². The molecule has 0 bridgehead atoms. The third kappa shape index (κ3) is 3.25. The van der Waals surface area contributed by atoms with Crippen molar-refractivity contribution in [3.8, 4) is 0 Å². The lowest BCUT2D eigenvalue weighted by Gasteiger charge is -2.58. The molecule has 4 heterocycles. The van der Waals surface area contributed by atoms with Crippen molar-refractivity contribution < 1.29 is 23.2 Å². The highest BCUT2D eigenvalue weighted by Crippen LogP contribution is 2.47. The molecule has 176 valence electrons. The lowest BCUT2D eigenvalue weighted by atomic mass is 9.61. The summed E-state index contributed by atoms with van der Waals surface area (Å²) in [6.45, 7) is 4.67. The third-order valence-corrected chi connectivity index (χ3v) is 8.19. The first-order chi connectivity index (χ1) is 15.8. The fourth-order valence-corrected chi connectivity index (χ4v) is 6.19. The highest BCUT2D eigenvalue weighted by Gasteiger charge is 2.50. The minimum Gasteiger partial charge on any atom is -0.364 e. The summed E-state index contributed by atoms with van der Waals surface area (Å²) < 4.78 is 30.6. The molecule has 5 aliphatic rings. The third-order valence-electron chi connectivity index (χ3n) is 8.19. The number of carbonyl (C=O) groups is 3. The van der Waals surface area contributed by atoms with E-state index in [2.05, 4.69) is 15.5 Å². The summed E-state index contributed by atoms with van der Waals surface area (Å²) in [6.07, 6.45) is 2.68. The van der Waals surface area contributed by atoms with Gasteiger partial charge in [-0.3, -0.25) is 24.6 Å². The Bertz CT molecular complexity index is 1040. The van der Waals surface area contributed by atoms with Gasteiger partial charge in [0.05, 0.1) is 12.1 Å². The number of halogens is 2. The SMILES string of the molecule is O=C1CCC(N2Cc3c(cc(F)c(N4CCN(C5CC6(CNC6)C5)CC4)c3F)C2=O)C(=O)N1. The van der Waals surface area contributed by atoms with Gasteiger partial charge in [-0.15, -0.1) is 0 Å². The first kappa shape index (κ1) is 21.0. The van der Waals surface area contributed by atoms with Crippen molar-refractivity contribution in [3.63, 3.8) is 0 Å². The summed E-state index contributed by atoms with van der Waals surface area (Å²) in [5.41, 5.74) is 0.494. The number of piperidine rings is 1. The van der Waals surface area contributed by atoms with Gasteiger partial charge >= 0.3 is 0 Å². The van der Waals surface area contributed by atoms with Crippen molar-refractivity contribution in [1.82, 2.24) is 20.4 Å². The summed E-state index contributed by atoms with van der Waals surface area (Å²) >= 11 is 0. The average molecular weight is 459 g/mol. The maximum absolute atomic E-state index is 15.5. The molecule has 4 fully saturated rings. The number of fused-ring (bicyclic) bond motifs is 1. The van der Waals surface area contributed by atoms with E-state index in [1.165, 1.54) is 17.7 Å². The average Bonchev–Trinajstić information content (AvgIpc) is 3.04. The van der Waals surface area contributed by atoms with Crippen molar-refractivity contribution in [2.45, 2.75) is 44.3 Å². The van der Waals surface area contributed by atoms with Crippen molar-refractivity contribution in [1.29, 1.82) is 0 Å². The number of amides is 3. The number of carbonyl (C=O) groups excluding carboxylic acids is 3. The van der Waals surface area contributed by atoms with E-state index in [1.54, 1.807) is 4.90 Å². The monoisotopic (exact) mass is 459 g/mol.